The maximum Gasteiger partial charge on any atom is 0.163 e. The van der Waals surface area contributed by atoms with Crippen molar-refractivity contribution in [3.63, 3.8) is 0 Å². The van der Waals surface area contributed by atoms with E-state index in [0.717, 1.165) is 17.9 Å². The van der Waals surface area contributed by atoms with Gasteiger partial charge in [-0.25, -0.2) is 0 Å². The number of benzene rings is 1. The highest BCUT2D eigenvalue weighted by Crippen LogP contribution is 2.19. The van der Waals surface area contributed by atoms with E-state index in [1.165, 1.54) is 0 Å². The number of allylic oxidation sites excluding steroid dienone is 2. The van der Waals surface area contributed by atoms with Crippen LogP contribution in [0.2, 0.25) is 0 Å². The summed E-state index contributed by atoms with van der Waals surface area (Å²) in [5, 5.41) is 32.7. The predicted molar refractivity (Wildman–Crippen MR) is 73.3 cm³/mol. The molecule has 0 saturated heterocycles. The van der Waals surface area contributed by atoms with Crippen molar-refractivity contribution in [3.05, 3.63) is 41.1 Å². The van der Waals surface area contributed by atoms with E-state index in [9.17, 15) is 0 Å². The Morgan fingerprint density at radius 1 is 1.15 bits per heavy atom. The van der Waals surface area contributed by atoms with E-state index in [1.54, 1.807) is 24.3 Å². The number of amidine groups is 1. The van der Waals surface area contributed by atoms with Gasteiger partial charge in [0.05, 0.1) is 12.2 Å². The van der Waals surface area contributed by atoms with Crippen LogP contribution in [0.5, 0.6) is 0 Å². The zero-order chi connectivity index (χ0) is 14.4. The Bertz CT molecular complexity index is 692. The van der Waals surface area contributed by atoms with Crippen LogP contribution >= 0.6 is 0 Å². The zero-order valence-corrected chi connectivity index (χ0v) is 10.5. The summed E-state index contributed by atoms with van der Waals surface area (Å²) in [4.78, 5) is 4.32. The number of para-hydroxylation sites is 1. The minimum Gasteiger partial charge on any atom is -0.368 e. The second kappa shape index (κ2) is 6.04. The number of hydrogen-bond donors (Lipinski definition) is 2. The molecular weight excluding hydrogens is 252 g/mol. The standard InChI is InChI=1S/C14H10N6/c15-7-10(8-16)13(9-17)20-12-4-2-1-3-11(12)14-18-5-6-19-14/h1-4,20H,5-6H2,(H,18,19). The minimum atomic E-state index is -0.247. The molecule has 6 heteroatoms. The Hall–Kier alpha value is -3.30. The molecule has 2 N–H and O–H groups in total. The third-order valence-corrected chi connectivity index (χ3v) is 2.70. The summed E-state index contributed by atoms with van der Waals surface area (Å²) in [6, 6.07) is 12.5. The van der Waals surface area contributed by atoms with Gasteiger partial charge >= 0.3 is 0 Å². The van der Waals surface area contributed by atoms with Crippen LogP contribution in [0, 0.1) is 34.0 Å². The van der Waals surface area contributed by atoms with Crippen LogP contribution in [0.4, 0.5) is 5.69 Å². The van der Waals surface area contributed by atoms with Crippen LogP contribution in [0.3, 0.4) is 0 Å². The Balaban J connectivity index is 2.41. The molecule has 96 valence electrons. The molecule has 0 aliphatic carbocycles. The number of nitrogens with zero attached hydrogens (tertiary/aromatic N) is 4. The molecule has 1 aliphatic rings. The molecule has 1 aromatic carbocycles. The lowest BCUT2D eigenvalue weighted by molar-refractivity contribution is 0.960. The molecule has 20 heavy (non-hydrogen) atoms. The van der Waals surface area contributed by atoms with Gasteiger partial charge in [0.2, 0.25) is 0 Å². The molecule has 1 heterocycles. The van der Waals surface area contributed by atoms with Crippen LogP contribution < -0.4 is 10.6 Å². The second-order valence-electron chi connectivity index (χ2n) is 3.91. The zero-order valence-electron chi connectivity index (χ0n) is 10.5. The van der Waals surface area contributed by atoms with Gasteiger partial charge in [0, 0.05) is 12.1 Å². The highest BCUT2D eigenvalue weighted by molar-refractivity contribution is 6.04. The first-order valence-electron chi connectivity index (χ1n) is 5.89. The van der Waals surface area contributed by atoms with Gasteiger partial charge < -0.3 is 10.6 Å². The van der Waals surface area contributed by atoms with E-state index in [1.807, 2.05) is 18.2 Å². The Kier molecular flexibility index (Phi) is 3.97. The van der Waals surface area contributed by atoms with Gasteiger partial charge in [0.1, 0.15) is 29.7 Å². The topological polar surface area (TPSA) is 108 Å². The van der Waals surface area contributed by atoms with Gasteiger partial charge in [-0.15, -0.1) is 0 Å². The molecule has 0 spiro atoms. The number of aliphatic imine (C=N–C) groups is 1. The van der Waals surface area contributed by atoms with Crippen LogP contribution in [0.1, 0.15) is 5.56 Å². The molecule has 6 nitrogen and oxygen atoms in total. The van der Waals surface area contributed by atoms with Crippen molar-refractivity contribution in [2.45, 2.75) is 0 Å². The summed E-state index contributed by atoms with van der Waals surface area (Å²) >= 11 is 0. The van der Waals surface area contributed by atoms with Gasteiger partial charge in [-0.3, -0.25) is 4.99 Å². The lowest BCUT2D eigenvalue weighted by atomic mass is 10.1. The average molecular weight is 262 g/mol. The van der Waals surface area contributed by atoms with E-state index >= 15 is 0 Å². The van der Waals surface area contributed by atoms with Crippen LogP contribution in [-0.2, 0) is 0 Å². The number of hydrogen-bond acceptors (Lipinski definition) is 6. The molecule has 0 amide bonds. The number of nitrogens with one attached hydrogen (secondary N) is 2. The molecule has 0 unspecified atom stereocenters. The van der Waals surface area contributed by atoms with E-state index in [2.05, 4.69) is 15.6 Å². The first-order valence-corrected chi connectivity index (χ1v) is 5.89. The quantitative estimate of drug-likeness (QED) is 0.797. The van der Waals surface area contributed by atoms with E-state index in [-0.39, 0.29) is 11.3 Å². The molecule has 0 fully saturated rings. The van der Waals surface area contributed by atoms with Crippen LogP contribution in [0.15, 0.2) is 40.5 Å². The Labute approximate surface area is 116 Å². The highest BCUT2D eigenvalue weighted by atomic mass is 15.1. The smallest absolute Gasteiger partial charge is 0.163 e. The average Bonchev–Trinajstić information content (AvgIpc) is 3.02. The van der Waals surface area contributed by atoms with Gasteiger partial charge in [0.15, 0.2) is 5.57 Å². The molecule has 0 atom stereocenters. The number of anilines is 1. The second-order valence-corrected chi connectivity index (χ2v) is 3.91. The molecule has 0 aromatic heterocycles. The molecule has 0 bridgehead atoms. The van der Waals surface area contributed by atoms with Crippen molar-refractivity contribution >= 4 is 11.5 Å². The SMILES string of the molecule is N#CC(C#N)=C(C#N)Nc1ccccc1C1=NCCN1. The predicted octanol–water partition coefficient (Wildman–Crippen LogP) is 1.27. The van der Waals surface area contributed by atoms with Crippen molar-refractivity contribution in [1.82, 2.24) is 5.32 Å². The van der Waals surface area contributed by atoms with Crippen LogP contribution in [-0.4, -0.2) is 18.9 Å². The largest absolute Gasteiger partial charge is 0.368 e. The fraction of sp³-hybridized carbons (Fsp3) is 0.143. The molecule has 2 rings (SSSR count). The maximum atomic E-state index is 9.06. The van der Waals surface area contributed by atoms with Gasteiger partial charge in [-0.05, 0) is 12.1 Å². The molecule has 1 aliphatic heterocycles. The monoisotopic (exact) mass is 262 g/mol. The van der Waals surface area contributed by atoms with Gasteiger partial charge in [0.25, 0.3) is 0 Å². The molecular formula is C14H10N6. The van der Waals surface area contributed by atoms with Gasteiger partial charge in [-0.2, -0.15) is 15.8 Å². The van der Waals surface area contributed by atoms with Crippen molar-refractivity contribution in [3.8, 4) is 18.2 Å². The lowest BCUT2D eigenvalue weighted by Gasteiger charge is -2.11. The first-order chi connectivity index (χ1) is 9.80. The Morgan fingerprint density at radius 3 is 2.50 bits per heavy atom. The number of nitriles is 3. The summed E-state index contributed by atoms with van der Waals surface area (Å²) in [5.41, 5.74) is 1.11. The maximum absolute atomic E-state index is 9.06. The summed E-state index contributed by atoms with van der Waals surface area (Å²) in [5.74, 6) is 0.737. The summed E-state index contributed by atoms with van der Waals surface area (Å²) in [6.45, 7) is 1.47. The number of rotatable bonds is 3. The fourth-order valence-corrected chi connectivity index (χ4v) is 1.79. The van der Waals surface area contributed by atoms with Crippen molar-refractivity contribution in [2.75, 3.05) is 18.4 Å². The highest BCUT2D eigenvalue weighted by Gasteiger charge is 2.14. The van der Waals surface area contributed by atoms with E-state index in [4.69, 9.17) is 15.8 Å². The summed E-state index contributed by atoms with van der Waals surface area (Å²) < 4.78 is 0. The third kappa shape index (κ3) is 2.58. The van der Waals surface area contributed by atoms with Crippen LogP contribution in [0.25, 0.3) is 0 Å². The summed E-state index contributed by atoms with van der Waals surface area (Å²) in [7, 11) is 0. The van der Waals surface area contributed by atoms with E-state index in [0.29, 0.717) is 12.2 Å². The normalized spacial score (nSPS) is 12.2. The Morgan fingerprint density at radius 2 is 1.90 bits per heavy atom. The molecule has 1 aromatic rings. The fourth-order valence-electron chi connectivity index (χ4n) is 1.79. The van der Waals surface area contributed by atoms with Crippen molar-refractivity contribution < 1.29 is 0 Å². The third-order valence-electron chi connectivity index (χ3n) is 2.70. The molecule has 0 saturated carbocycles. The minimum absolute atomic E-state index is 0.0685. The van der Waals surface area contributed by atoms with Crippen molar-refractivity contribution in [1.29, 1.82) is 15.8 Å². The van der Waals surface area contributed by atoms with Crippen molar-refractivity contribution in [2.24, 2.45) is 4.99 Å². The van der Waals surface area contributed by atoms with Gasteiger partial charge in [-0.1, -0.05) is 12.1 Å². The molecule has 0 radical (unpaired) electrons. The lowest BCUT2D eigenvalue weighted by Crippen LogP contribution is -2.20. The van der Waals surface area contributed by atoms with E-state index < -0.39 is 0 Å². The first kappa shape index (κ1) is 13.1. The summed E-state index contributed by atoms with van der Waals surface area (Å²) in [6.07, 6.45) is 0.